The summed E-state index contributed by atoms with van der Waals surface area (Å²) < 4.78 is 4.49. The van der Waals surface area contributed by atoms with Crippen LogP contribution in [-0.2, 0) is 53.5 Å². The average molecular weight is 673 g/mol. The van der Waals surface area contributed by atoms with E-state index in [1.165, 1.54) is 6.08 Å². The summed E-state index contributed by atoms with van der Waals surface area (Å²) in [7, 11) is 0. The van der Waals surface area contributed by atoms with E-state index in [0.717, 1.165) is 0 Å². The molecule has 12 heavy (non-hydrogen) atoms. The first-order valence-electron chi connectivity index (χ1n) is 2.50. The van der Waals surface area contributed by atoms with Gasteiger partial charge in [0, 0.05) is 27.1 Å². The zero-order chi connectivity index (χ0) is 8.69. The van der Waals surface area contributed by atoms with Crippen molar-refractivity contribution in [3.63, 3.8) is 0 Å². The van der Waals surface area contributed by atoms with E-state index >= 15 is 0 Å². The van der Waals surface area contributed by atoms with E-state index in [4.69, 9.17) is 5.73 Å². The SMILES string of the molecule is [CH2-][C+]=Cc1[c-]c(N)on1.[W].[W]=[W]. The molecule has 0 aliphatic rings. The first kappa shape index (κ1) is 15.1. The van der Waals surface area contributed by atoms with Crippen LogP contribution in [0.4, 0.5) is 5.88 Å². The van der Waals surface area contributed by atoms with Crippen LogP contribution >= 0.6 is 0 Å². The molecule has 0 spiro atoms. The summed E-state index contributed by atoms with van der Waals surface area (Å²) in [5, 5.41) is 3.49. The van der Waals surface area contributed by atoms with Crippen LogP contribution in [0.1, 0.15) is 5.69 Å². The topological polar surface area (TPSA) is 52.0 Å². The van der Waals surface area contributed by atoms with Crippen LogP contribution in [0.2, 0.25) is 0 Å². The summed E-state index contributed by atoms with van der Waals surface area (Å²) in [6, 6.07) is 2.62. The first-order chi connectivity index (χ1) is 5.33. The summed E-state index contributed by atoms with van der Waals surface area (Å²) in [5.74, 6) is 0.177. The Bertz CT molecular complexity index is 236. The van der Waals surface area contributed by atoms with Crippen LogP contribution in [0.5, 0.6) is 0 Å². The Kier molecular flexibility index (Phi) is 12.2. The van der Waals surface area contributed by atoms with E-state index < -0.39 is 0 Å². The Balaban J connectivity index is 0. The number of hydrogen-bond acceptors (Lipinski definition) is 3. The number of anilines is 1. The molecule has 2 N–H and O–H groups in total. The number of nitrogens with two attached hydrogens (primary N) is 1. The van der Waals surface area contributed by atoms with Gasteiger partial charge in [-0.25, -0.2) is 0 Å². The Morgan fingerprint density at radius 1 is 1.67 bits per heavy atom. The van der Waals surface area contributed by atoms with Gasteiger partial charge in [-0.1, -0.05) is 6.92 Å². The van der Waals surface area contributed by atoms with Gasteiger partial charge < -0.3 is 10.3 Å². The number of allylic oxidation sites excluding steroid dienone is 1. The first-order valence-corrected chi connectivity index (χ1v) is 13.5. The average Bonchev–Trinajstić information content (AvgIpc) is 2.41. The number of hydrogen-bond donors (Lipinski definition) is 1. The van der Waals surface area contributed by atoms with Crippen molar-refractivity contribution in [2.45, 2.75) is 0 Å². The third-order valence-electron chi connectivity index (χ3n) is 0.732. The molecule has 0 bridgehead atoms. The van der Waals surface area contributed by atoms with Gasteiger partial charge in [-0.3, -0.25) is 0 Å². The molecule has 0 radical (unpaired) electrons. The molecule has 1 rings (SSSR count). The van der Waals surface area contributed by atoms with Crippen LogP contribution in [0.15, 0.2) is 4.52 Å². The van der Waals surface area contributed by atoms with Crippen molar-refractivity contribution < 1.29 is 58.0 Å². The minimum atomic E-state index is 0. The molecule has 3 nitrogen and oxygen atoms in total. The molecule has 1 heterocycles. The molecular formula is C6H5N2OW3-. The van der Waals surface area contributed by atoms with Gasteiger partial charge in [0.15, 0.2) is 5.88 Å². The van der Waals surface area contributed by atoms with Gasteiger partial charge in [-0.05, 0) is 11.2 Å². The maximum absolute atomic E-state index is 5.16. The minimum absolute atomic E-state index is 0. The van der Waals surface area contributed by atoms with Crippen LogP contribution in [0, 0.1) is 19.1 Å². The van der Waals surface area contributed by atoms with Crippen molar-refractivity contribution in [3.8, 4) is 0 Å². The third-order valence-corrected chi connectivity index (χ3v) is 0.732. The Morgan fingerprint density at radius 2 is 2.25 bits per heavy atom. The molecule has 0 aliphatic carbocycles. The summed E-state index contributed by atoms with van der Waals surface area (Å²) >= 11 is 3.33. The van der Waals surface area contributed by atoms with Gasteiger partial charge in [-0.2, -0.15) is 0 Å². The van der Waals surface area contributed by atoms with Gasteiger partial charge in [-0.15, -0.1) is 6.08 Å². The summed E-state index contributed by atoms with van der Waals surface area (Å²) in [6.07, 6.45) is 4.04. The molecule has 6 heteroatoms. The van der Waals surface area contributed by atoms with Crippen molar-refractivity contribution in [3.05, 3.63) is 24.8 Å². The van der Waals surface area contributed by atoms with Crippen molar-refractivity contribution >= 4 is 12.0 Å². The zero-order valence-electron chi connectivity index (χ0n) is 5.94. The fraction of sp³-hybridized carbons (Fsp3) is 0. The van der Waals surface area contributed by atoms with Gasteiger partial charge >= 0.3 is 32.4 Å². The number of nitrogens with zero attached hydrogens (tertiary/aromatic N) is 1. The molecule has 0 fully saturated rings. The normalized spacial score (nSPS) is 7.67. The maximum atomic E-state index is 5.16. The molecule has 0 atom stereocenters. The van der Waals surface area contributed by atoms with Crippen molar-refractivity contribution in [2.24, 2.45) is 0 Å². The second-order valence-corrected chi connectivity index (χ2v) is 1.41. The molecule has 0 amide bonds. The molecule has 1 aromatic rings. The van der Waals surface area contributed by atoms with E-state index in [-0.39, 0.29) is 26.9 Å². The van der Waals surface area contributed by atoms with Crippen molar-refractivity contribution in [2.75, 3.05) is 5.73 Å². The molecule has 0 aromatic carbocycles. The van der Waals surface area contributed by atoms with Gasteiger partial charge in [0.25, 0.3) is 0 Å². The predicted molar refractivity (Wildman–Crippen MR) is 32.8 cm³/mol. The van der Waals surface area contributed by atoms with Crippen molar-refractivity contribution in [1.29, 1.82) is 0 Å². The van der Waals surface area contributed by atoms with Gasteiger partial charge in [0.2, 0.25) is 0 Å². The Morgan fingerprint density at radius 3 is 2.58 bits per heavy atom. The standard InChI is InChI=1S/C6H5N2O.3W/c1-2-3-5-4-6(7)9-8-5;;;/h3H,1,7H2;;;/q-1;;;. The monoisotopic (exact) mass is 673 g/mol. The molecule has 0 saturated carbocycles. The Hall–Kier alpha value is 0.595. The third kappa shape index (κ3) is 6.15. The Labute approximate surface area is 105 Å². The quantitative estimate of drug-likeness (QED) is 0.448. The summed E-state index contributed by atoms with van der Waals surface area (Å²) in [6.45, 7) is 3.34. The van der Waals surface area contributed by atoms with Crippen LogP contribution in [-0.4, -0.2) is 5.16 Å². The number of aromatic nitrogens is 1. The molecule has 1 aromatic heterocycles. The molecule has 0 aliphatic heterocycles. The van der Waals surface area contributed by atoms with E-state index in [1.807, 2.05) is 0 Å². The fourth-order valence-corrected chi connectivity index (χ4v) is 0.429. The van der Waals surface area contributed by atoms with E-state index in [9.17, 15) is 0 Å². The van der Waals surface area contributed by atoms with Gasteiger partial charge in [0.05, 0.1) is 5.69 Å². The molecule has 64 valence electrons. The van der Waals surface area contributed by atoms with E-state index in [0.29, 0.717) is 5.69 Å². The van der Waals surface area contributed by atoms with Crippen LogP contribution in [0.25, 0.3) is 6.08 Å². The fourth-order valence-electron chi connectivity index (χ4n) is 0.429. The summed E-state index contributed by atoms with van der Waals surface area (Å²) in [5.41, 5.74) is 5.67. The molecular weight excluding hydrogens is 668 g/mol. The predicted octanol–water partition coefficient (Wildman–Crippen LogP) is 0.700. The van der Waals surface area contributed by atoms with Crippen LogP contribution < -0.4 is 5.73 Å². The molecule has 0 saturated heterocycles. The van der Waals surface area contributed by atoms with Gasteiger partial charge in [0.1, 0.15) is 0 Å². The second kappa shape index (κ2) is 9.68. The zero-order valence-corrected chi connectivity index (χ0v) is 14.7. The van der Waals surface area contributed by atoms with Crippen molar-refractivity contribution in [1.82, 2.24) is 5.16 Å². The van der Waals surface area contributed by atoms with E-state index in [2.05, 4.69) is 28.7 Å². The number of rotatable bonds is 1. The molecule has 0 unspecified atom stereocenters. The van der Waals surface area contributed by atoms with Crippen LogP contribution in [0.3, 0.4) is 0 Å². The summed E-state index contributed by atoms with van der Waals surface area (Å²) in [4.78, 5) is 0. The second-order valence-electron chi connectivity index (χ2n) is 1.41. The van der Waals surface area contributed by atoms with E-state index in [1.54, 1.807) is 32.4 Å². The number of nitrogen functional groups attached to an aromatic ring is 1.